The Labute approximate surface area is 227 Å². The predicted molar refractivity (Wildman–Crippen MR) is 163 cm³/mol. The van der Waals surface area contributed by atoms with Crippen molar-refractivity contribution in [2.75, 3.05) is 4.90 Å². The number of aryl methyl sites for hydroxylation is 2. The molecule has 1 heteroatoms. The van der Waals surface area contributed by atoms with Gasteiger partial charge in [0.05, 0.1) is 0 Å². The Kier molecular flexibility index (Phi) is 12.9. The van der Waals surface area contributed by atoms with Gasteiger partial charge in [-0.2, -0.15) is 0 Å². The molecule has 3 rings (SSSR count). The lowest BCUT2D eigenvalue weighted by molar-refractivity contribution is 0.515. The highest BCUT2D eigenvalue weighted by Crippen LogP contribution is 2.34. The molecular weight excluding hydrogens is 446 g/mol. The zero-order valence-electron chi connectivity index (χ0n) is 23.3. The normalized spacial score (nSPS) is 11.7. The van der Waals surface area contributed by atoms with E-state index in [1.54, 1.807) is 0 Å². The molecule has 1 unspecified atom stereocenters. The van der Waals surface area contributed by atoms with E-state index in [9.17, 15) is 0 Å². The summed E-state index contributed by atoms with van der Waals surface area (Å²) in [4.78, 5) is 2.36. The monoisotopic (exact) mass is 493 g/mol. The van der Waals surface area contributed by atoms with Gasteiger partial charge in [-0.15, -0.1) is 12.3 Å². The third-order valence-electron chi connectivity index (χ3n) is 7.38. The van der Waals surface area contributed by atoms with E-state index in [0.29, 0.717) is 5.92 Å². The van der Waals surface area contributed by atoms with Crippen molar-refractivity contribution in [1.29, 1.82) is 0 Å². The standard InChI is InChI=1S/C36H47N/c1-4-7-9-10-11-13-18-32-23-27-35(28-24-32)37(34-21-14-12-15-22-34)36-29-25-33(26-30-36)20-16-19-31(6-3)17-8-5-2/h3,12,14-15,21-31H,4-5,7-11,13,16-20H2,1-2H3. The largest absolute Gasteiger partial charge is 0.311 e. The summed E-state index contributed by atoms with van der Waals surface area (Å²) in [6, 6.07) is 29.0. The van der Waals surface area contributed by atoms with Crippen LogP contribution in [0.1, 0.15) is 95.6 Å². The molecule has 0 aliphatic heterocycles. The third kappa shape index (κ3) is 9.77. The van der Waals surface area contributed by atoms with Crippen LogP contribution in [0.15, 0.2) is 78.9 Å². The number of hydrogen-bond acceptors (Lipinski definition) is 1. The molecule has 0 spiro atoms. The lowest BCUT2D eigenvalue weighted by Gasteiger charge is -2.26. The van der Waals surface area contributed by atoms with Gasteiger partial charge in [-0.05, 0) is 86.1 Å². The second-order valence-corrected chi connectivity index (χ2v) is 10.4. The molecule has 0 saturated carbocycles. The highest BCUT2D eigenvalue weighted by Gasteiger charge is 2.12. The third-order valence-corrected chi connectivity index (χ3v) is 7.38. The zero-order chi connectivity index (χ0) is 26.1. The van der Waals surface area contributed by atoms with Crippen LogP contribution in [0.4, 0.5) is 17.1 Å². The van der Waals surface area contributed by atoms with E-state index in [1.165, 1.54) is 86.0 Å². The Morgan fingerprint density at radius 2 is 1.05 bits per heavy atom. The van der Waals surface area contributed by atoms with Crippen molar-refractivity contribution >= 4 is 17.1 Å². The molecule has 3 aromatic rings. The summed E-state index contributed by atoms with van der Waals surface area (Å²) in [5.41, 5.74) is 6.41. The smallest absolute Gasteiger partial charge is 0.0461 e. The number of hydrogen-bond donors (Lipinski definition) is 0. The Bertz CT molecular complexity index is 1030. The lowest BCUT2D eigenvalue weighted by atomic mass is 9.95. The van der Waals surface area contributed by atoms with E-state index >= 15 is 0 Å². The van der Waals surface area contributed by atoms with Gasteiger partial charge in [-0.3, -0.25) is 0 Å². The molecule has 1 atom stereocenters. The van der Waals surface area contributed by atoms with Crippen molar-refractivity contribution < 1.29 is 0 Å². The first kappa shape index (κ1) is 28.6. The Morgan fingerprint density at radius 1 is 0.568 bits per heavy atom. The van der Waals surface area contributed by atoms with Gasteiger partial charge < -0.3 is 4.90 Å². The molecule has 3 aromatic carbocycles. The van der Waals surface area contributed by atoms with Crippen molar-refractivity contribution in [2.24, 2.45) is 5.92 Å². The summed E-state index contributed by atoms with van der Waals surface area (Å²) in [5.74, 6) is 3.43. The van der Waals surface area contributed by atoms with Gasteiger partial charge in [0.1, 0.15) is 0 Å². The quantitative estimate of drug-likeness (QED) is 0.133. The summed E-state index contributed by atoms with van der Waals surface area (Å²) in [7, 11) is 0. The van der Waals surface area contributed by atoms with Gasteiger partial charge in [-0.25, -0.2) is 0 Å². The molecule has 1 nitrogen and oxygen atoms in total. The molecular formula is C36H47N. The molecule has 0 saturated heterocycles. The number of terminal acetylenes is 1. The number of anilines is 3. The molecule has 37 heavy (non-hydrogen) atoms. The molecule has 0 fully saturated rings. The highest BCUT2D eigenvalue weighted by molar-refractivity contribution is 5.76. The fraction of sp³-hybridized carbons (Fsp3) is 0.444. The SMILES string of the molecule is C#CC(CCCC)CCCc1ccc(N(c2ccccc2)c2ccc(CCCCCCCC)cc2)cc1. The topological polar surface area (TPSA) is 3.24 Å². The maximum absolute atomic E-state index is 5.76. The second kappa shape index (κ2) is 16.7. The molecule has 0 heterocycles. The van der Waals surface area contributed by atoms with Crippen LogP contribution >= 0.6 is 0 Å². The highest BCUT2D eigenvalue weighted by atomic mass is 15.1. The van der Waals surface area contributed by atoms with Gasteiger partial charge in [0.25, 0.3) is 0 Å². The van der Waals surface area contributed by atoms with Crippen molar-refractivity contribution in [3.8, 4) is 12.3 Å². The van der Waals surface area contributed by atoms with Crippen LogP contribution in [0.2, 0.25) is 0 Å². The first-order valence-corrected chi connectivity index (χ1v) is 14.7. The van der Waals surface area contributed by atoms with Gasteiger partial charge in [0.15, 0.2) is 0 Å². The number of unbranched alkanes of at least 4 members (excludes halogenated alkanes) is 6. The summed E-state index contributed by atoms with van der Waals surface area (Å²) in [6.07, 6.45) is 22.0. The number of para-hydroxylation sites is 1. The van der Waals surface area contributed by atoms with E-state index in [-0.39, 0.29) is 0 Å². The summed E-state index contributed by atoms with van der Waals surface area (Å²) in [6.45, 7) is 4.51. The van der Waals surface area contributed by atoms with Crippen molar-refractivity contribution in [3.63, 3.8) is 0 Å². The van der Waals surface area contributed by atoms with Gasteiger partial charge in [0, 0.05) is 23.0 Å². The maximum atomic E-state index is 5.76. The number of benzene rings is 3. The van der Waals surface area contributed by atoms with E-state index in [1.807, 2.05) is 0 Å². The van der Waals surface area contributed by atoms with E-state index < -0.39 is 0 Å². The zero-order valence-corrected chi connectivity index (χ0v) is 23.3. The fourth-order valence-corrected chi connectivity index (χ4v) is 5.07. The average molecular weight is 494 g/mol. The molecule has 0 amide bonds. The van der Waals surface area contributed by atoms with Crippen molar-refractivity contribution in [2.45, 2.75) is 97.3 Å². The van der Waals surface area contributed by atoms with Crippen LogP contribution in [-0.2, 0) is 12.8 Å². The summed E-state index contributed by atoms with van der Waals surface area (Å²) < 4.78 is 0. The van der Waals surface area contributed by atoms with E-state index in [4.69, 9.17) is 6.42 Å². The Balaban J connectivity index is 1.64. The number of rotatable bonds is 17. The number of nitrogens with zero attached hydrogens (tertiary/aromatic N) is 1. The van der Waals surface area contributed by atoms with Gasteiger partial charge in [0.2, 0.25) is 0 Å². The van der Waals surface area contributed by atoms with E-state index in [2.05, 4.69) is 104 Å². The molecule has 0 aliphatic rings. The summed E-state index contributed by atoms with van der Waals surface area (Å²) >= 11 is 0. The minimum absolute atomic E-state index is 0.428. The van der Waals surface area contributed by atoms with Crippen molar-refractivity contribution in [1.82, 2.24) is 0 Å². The average Bonchev–Trinajstić information content (AvgIpc) is 2.95. The molecule has 0 radical (unpaired) electrons. The molecule has 0 aliphatic carbocycles. The first-order valence-electron chi connectivity index (χ1n) is 14.7. The molecule has 196 valence electrons. The summed E-state index contributed by atoms with van der Waals surface area (Å²) in [5, 5.41) is 0. The van der Waals surface area contributed by atoms with Crippen LogP contribution in [0.3, 0.4) is 0 Å². The van der Waals surface area contributed by atoms with Crippen molar-refractivity contribution in [3.05, 3.63) is 90.0 Å². The van der Waals surface area contributed by atoms with Crippen LogP contribution in [-0.4, -0.2) is 0 Å². The minimum Gasteiger partial charge on any atom is -0.311 e. The molecule has 0 bridgehead atoms. The predicted octanol–water partition coefficient (Wildman–Crippen LogP) is 10.8. The van der Waals surface area contributed by atoms with Gasteiger partial charge in [-0.1, -0.05) is 101 Å². The van der Waals surface area contributed by atoms with Crippen LogP contribution in [0.25, 0.3) is 0 Å². The van der Waals surface area contributed by atoms with Crippen LogP contribution < -0.4 is 4.90 Å². The molecule has 0 N–H and O–H groups in total. The van der Waals surface area contributed by atoms with E-state index in [0.717, 1.165) is 25.7 Å². The minimum atomic E-state index is 0.428. The maximum Gasteiger partial charge on any atom is 0.0461 e. The van der Waals surface area contributed by atoms with Crippen LogP contribution in [0, 0.1) is 18.3 Å². The Morgan fingerprint density at radius 3 is 1.62 bits per heavy atom. The lowest BCUT2D eigenvalue weighted by Crippen LogP contribution is -2.10. The Hall–Kier alpha value is -2.98. The second-order valence-electron chi connectivity index (χ2n) is 10.4. The van der Waals surface area contributed by atoms with Gasteiger partial charge >= 0.3 is 0 Å². The fourth-order valence-electron chi connectivity index (χ4n) is 5.07. The first-order chi connectivity index (χ1) is 18.2. The van der Waals surface area contributed by atoms with Crippen LogP contribution in [0.5, 0.6) is 0 Å². The molecule has 0 aromatic heterocycles.